The van der Waals surface area contributed by atoms with Gasteiger partial charge in [-0.25, -0.2) is 0 Å². The summed E-state index contributed by atoms with van der Waals surface area (Å²) in [6, 6.07) is 0. The van der Waals surface area contributed by atoms with E-state index in [1.54, 1.807) is 12.2 Å². The van der Waals surface area contributed by atoms with Crippen molar-refractivity contribution >= 4 is 45.5 Å². The second kappa shape index (κ2) is 22.4. The zero-order valence-electron chi connectivity index (χ0n) is 9.59. The molecule has 0 aliphatic heterocycles. The molecular weight excluding hydrogens is 208 g/mol. The number of rotatable bonds is 2. The molecule has 0 aromatic carbocycles. The Morgan fingerprint density at radius 2 is 1.18 bits per heavy atom. The summed E-state index contributed by atoms with van der Waals surface area (Å²) in [7, 11) is 0. The number of allylic oxidation sites excluding steroid dienone is 6. The molecule has 0 fully saturated rings. The van der Waals surface area contributed by atoms with Gasteiger partial charge in [-0.05, 0) is 13.8 Å². The summed E-state index contributed by atoms with van der Waals surface area (Å²) in [5.74, 6) is 0. The normalized spacial score (nSPS) is 8.18. The first-order valence-corrected chi connectivity index (χ1v) is 3.30. The van der Waals surface area contributed by atoms with Crippen molar-refractivity contribution in [1.82, 2.24) is 0 Å². The van der Waals surface area contributed by atoms with E-state index in [1.807, 2.05) is 38.2 Å². The molecule has 1 heteroatoms. The SMILES string of the molecule is C=CC=CC.C=CC=CC.[H-].[H-].[Sr+2]. The standard InChI is InChI=1S/2C5H8.Sr.2H/c2*1-3-5-4-2;;;/h2*3-5H,1H2,2H3;;;/q;;+2;2*-1. The third kappa shape index (κ3) is 37.7. The van der Waals surface area contributed by atoms with Gasteiger partial charge in [0.2, 0.25) is 0 Å². The van der Waals surface area contributed by atoms with Gasteiger partial charge in [-0.1, -0.05) is 49.6 Å². The maximum absolute atomic E-state index is 3.46. The van der Waals surface area contributed by atoms with Crippen molar-refractivity contribution in [3.05, 3.63) is 49.6 Å². The first kappa shape index (κ1) is 17.5. The van der Waals surface area contributed by atoms with Crippen LogP contribution in [0.25, 0.3) is 0 Å². The Balaban J connectivity index is -0.0000000267. The smallest absolute Gasteiger partial charge is 1.00 e. The molecule has 0 rings (SSSR count). The fourth-order valence-electron chi connectivity index (χ4n) is 0.272. The summed E-state index contributed by atoms with van der Waals surface area (Å²) in [5, 5.41) is 0. The molecule has 0 atom stereocenters. The predicted molar refractivity (Wildman–Crippen MR) is 58.0 cm³/mol. The van der Waals surface area contributed by atoms with E-state index in [9.17, 15) is 0 Å². The second-order valence-electron chi connectivity index (χ2n) is 1.52. The Bertz CT molecular complexity index is 113. The Kier molecular flexibility index (Phi) is 35.7. The molecule has 0 aliphatic carbocycles. The van der Waals surface area contributed by atoms with Crippen LogP contribution in [0.2, 0.25) is 0 Å². The Labute approximate surface area is 111 Å². The van der Waals surface area contributed by atoms with Crippen molar-refractivity contribution < 1.29 is 2.85 Å². The number of hydrogen-bond donors (Lipinski definition) is 0. The third-order valence-corrected chi connectivity index (χ3v) is 0.657. The van der Waals surface area contributed by atoms with Crippen LogP contribution in [0.3, 0.4) is 0 Å². The maximum atomic E-state index is 3.46. The van der Waals surface area contributed by atoms with Gasteiger partial charge in [-0.2, -0.15) is 0 Å². The topological polar surface area (TPSA) is 0 Å². The van der Waals surface area contributed by atoms with Crippen molar-refractivity contribution in [3.8, 4) is 0 Å². The molecule has 0 heterocycles. The second-order valence-corrected chi connectivity index (χ2v) is 1.52. The van der Waals surface area contributed by atoms with Crippen molar-refractivity contribution in [2.45, 2.75) is 13.8 Å². The Hall–Kier alpha value is 0.441. The average Bonchev–Trinajstić information content (AvgIpc) is 1.93. The first-order valence-electron chi connectivity index (χ1n) is 3.30. The van der Waals surface area contributed by atoms with E-state index in [4.69, 9.17) is 0 Å². The summed E-state index contributed by atoms with van der Waals surface area (Å²) in [6.07, 6.45) is 11.2. The van der Waals surface area contributed by atoms with Gasteiger partial charge in [0.25, 0.3) is 0 Å². The van der Waals surface area contributed by atoms with E-state index in [2.05, 4.69) is 13.2 Å². The van der Waals surface area contributed by atoms with Crippen LogP contribution in [0.5, 0.6) is 0 Å². The fourth-order valence-corrected chi connectivity index (χ4v) is 0.272. The molecule has 0 saturated heterocycles. The molecule has 0 amide bonds. The van der Waals surface area contributed by atoms with E-state index in [0.29, 0.717) is 0 Å². The molecule has 0 nitrogen and oxygen atoms in total. The van der Waals surface area contributed by atoms with Gasteiger partial charge in [0, 0.05) is 0 Å². The molecule has 60 valence electrons. The van der Waals surface area contributed by atoms with E-state index in [-0.39, 0.29) is 48.3 Å². The summed E-state index contributed by atoms with van der Waals surface area (Å²) in [4.78, 5) is 0. The van der Waals surface area contributed by atoms with Crippen LogP contribution in [-0.4, -0.2) is 45.5 Å². The minimum atomic E-state index is 0. The quantitative estimate of drug-likeness (QED) is 0.500. The van der Waals surface area contributed by atoms with Gasteiger partial charge in [-0.3, -0.25) is 0 Å². The molecule has 0 spiro atoms. The monoisotopic (exact) mass is 226 g/mol. The van der Waals surface area contributed by atoms with Gasteiger partial charge in [-0.15, -0.1) is 0 Å². The zero-order chi connectivity index (χ0) is 8.24. The van der Waals surface area contributed by atoms with Gasteiger partial charge >= 0.3 is 45.5 Å². The molecular formula is C10H18Sr. The summed E-state index contributed by atoms with van der Waals surface area (Å²) in [6.45, 7) is 10.8. The molecule has 0 radical (unpaired) electrons. The van der Waals surface area contributed by atoms with Gasteiger partial charge < -0.3 is 2.85 Å². The third-order valence-electron chi connectivity index (χ3n) is 0.657. The van der Waals surface area contributed by atoms with Crippen molar-refractivity contribution in [2.24, 2.45) is 0 Å². The average molecular weight is 226 g/mol. The zero-order valence-corrected chi connectivity index (χ0v) is 11.1. The van der Waals surface area contributed by atoms with Crippen LogP contribution in [0.4, 0.5) is 0 Å². The predicted octanol–water partition coefficient (Wildman–Crippen LogP) is 3.34. The van der Waals surface area contributed by atoms with Gasteiger partial charge in [0.1, 0.15) is 0 Å². The first-order chi connectivity index (χ1) is 4.83. The van der Waals surface area contributed by atoms with Gasteiger partial charge in [0.05, 0.1) is 0 Å². The van der Waals surface area contributed by atoms with E-state index in [1.165, 1.54) is 0 Å². The van der Waals surface area contributed by atoms with Crippen molar-refractivity contribution in [3.63, 3.8) is 0 Å². The van der Waals surface area contributed by atoms with Crippen LogP contribution >= 0.6 is 0 Å². The van der Waals surface area contributed by atoms with E-state index >= 15 is 0 Å². The van der Waals surface area contributed by atoms with Crippen LogP contribution in [0.15, 0.2) is 49.6 Å². The summed E-state index contributed by atoms with van der Waals surface area (Å²) >= 11 is 0. The molecule has 0 saturated carbocycles. The van der Waals surface area contributed by atoms with Crippen molar-refractivity contribution in [1.29, 1.82) is 0 Å². The van der Waals surface area contributed by atoms with Crippen LogP contribution < -0.4 is 0 Å². The molecule has 0 unspecified atom stereocenters. The molecule has 11 heavy (non-hydrogen) atoms. The fraction of sp³-hybridized carbons (Fsp3) is 0.200. The van der Waals surface area contributed by atoms with Crippen LogP contribution in [0.1, 0.15) is 16.7 Å². The Morgan fingerprint density at radius 3 is 1.18 bits per heavy atom. The summed E-state index contributed by atoms with van der Waals surface area (Å²) < 4.78 is 0. The molecule has 0 aromatic rings. The van der Waals surface area contributed by atoms with E-state index < -0.39 is 0 Å². The molecule has 0 bridgehead atoms. The summed E-state index contributed by atoms with van der Waals surface area (Å²) in [5.41, 5.74) is 0. The molecule has 0 aliphatic rings. The largest absolute Gasteiger partial charge is 2.00 e. The maximum Gasteiger partial charge on any atom is 2.00 e. The number of hydrogen-bond acceptors (Lipinski definition) is 0. The Morgan fingerprint density at radius 1 is 0.909 bits per heavy atom. The van der Waals surface area contributed by atoms with Crippen LogP contribution in [0, 0.1) is 0 Å². The van der Waals surface area contributed by atoms with Crippen LogP contribution in [-0.2, 0) is 0 Å². The minimum absolute atomic E-state index is 0. The van der Waals surface area contributed by atoms with Gasteiger partial charge in [0.15, 0.2) is 0 Å². The van der Waals surface area contributed by atoms with Crippen molar-refractivity contribution in [2.75, 3.05) is 0 Å². The van der Waals surface area contributed by atoms with E-state index in [0.717, 1.165) is 0 Å². The minimum Gasteiger partial charge on any atom is -1.00 e. The molecule has 0 aromatic heterocycles. The molecule has 0 N–H and O–H groups in total.